The van der Waals surface area contributed by atoms with Crippen LogP contribution >= 0.6 is 0 Å². The maximum Gasteiger partial charge on any atom is 0.218 e. The van der Waals surface area contributed by atoms with Crippen LogP contribution in [0.2, 0.25) is 0 Å². The molecule has 2 heterocycles. The second-order valence-electron chi connectivity index (χ2n) is 3.89. The molecular formula is C13H9N5. The maximum absolute atomic E-state index is 9.01. The van der Waals surface area contributed by atoms with Crippen molar-refractivity contribution in [3.8, 4) is 11.9 Å². The van der Waals surface area contributed by atoms with Gasteiger partial charge in [-0.15, -0.1) is 5.10 Å². The number of nitriles is 1. The number of imidazole rings is 1. The molecule has 0 aliphatic carbocycles. The van der Waals surface area contributed by atoms with E-state index in [9.17, 15) is 0 Å². The predicted molar refractivity (Wildman–Crippen MR) is 66.1 cm³/mol. The third-order valence-electron chi connectivity index (χ3n) is 2.82. The summed E-state index contributed by atoms with van der Waals surface area (Å²) in [5.74, 6) is 0.934. The van der Waals surface area contributed by atoms with Gasteiger partial charge in [-0.1, -0.05) is 24.3 Å². The van der Waals surface area contributed by atoms with Crippen LogP contribution in [0.4, 0.5) is 0 Å². The highest BCUT2D eigenvalue weighted by atomic mass is 15.2. The summed E-state index contributed by atoms with van der Waals surface area (Å²) < 4.78 is 1.65. The van der Waals surface area contributed by atoms with Crippen LogP contribution in [0.25, 0.3) is 16.6 Å². The van der Waals surface area contributed by atoms with E-state index in [1.165, 1.54) is 0 Å². The van der Waals surface area contributed by atoms with E-state index in [-0.39, 0.29) is 0 Å². The molecule has 0 N–H and O–H groups in total. The van der Waals surface area contributed by atoms with Gasteiger partial charge in [0.2, 0.25) is 5.82 Å². The standard InChI is InChI=1S/C13H9N5/c1-9-10-4-2-3-5-11(10)13(17-16-9)18-7-6-15-12(18)8-14/h2-7H,1H3. The minimum Gasteiger partial charge on any atom is -0.273 e. The van der Waals surface area contributed by atoms with E-state index < -0.39 is 0 Å². The molecule has 0 aliphatic heterocycles. The Kier molecular flexibility index (Phi) is 2.27. The first kappa shape index (κ1) is 10.4. The number of fused-ring (bicyclic) bond motifs is 1. The molecule has 18 heavy (non-hydrogen) atoms. The van der Waals surface area contributed by atoms with E-state index in [0.29, 0.717) is 11.6 Å². The molecule has 0 aliphatic rings. The third kappa shape index (κ3) is 1.44. The molecule has 0 fully saturated rings. The molecule has 0 saturated heterocycles. The number of hydrogen-bond acceptors (Lipinski definition) is 4. The Balaban J connectivity index is 2.38. The highest BCUT2D eigenvalue weighted by Gasteiger charge is 2.11. The normalized spacial score (nSPS) is 10.4. The van der Waals surface area contributed by atoms with E-state index in [1.807, 2.05) is 37.3 Å². The van der Waals surface area contributed by atoms with Gasteiger partial charge in [0.1, 0.15) is 6.07 Å². The van der Waals surface area contributed by atoms with Crippen molar-refractivity contribution in [3.05, 3.63) is 48.2 Å². The summed E-state index contributed by atoms with van der Waals surface area (Å²) in [6, 6.07) is 9.89. The molecule has 0 radical (unpaired) electrons. The zero-order chi connectivity index (χ0) is 12.5. The summed E-state index contributed by atoms with van der Waals surface area (Å²) >= 11 is 0. The molecule has 0 atom stereocenters. The SMILES string of the molecule is Cc1nnc(-n2ccnc2C#N)c2ccccc12. The van der Waals surface area contributed by atoms with Crippen LogP contribution in [0.1, 0.15) is 11.5 Å². The molecule has 2 aromatic heterocycles. The van der Waals surface area contributed by atoms with Crippen LogP contribution < -0.4 is 0 Å². The lowest BCUT2D eigenvalue weighted by Crippen LogP contribution is -2.03. The van der Waals surface area contributed by atoms with Crippen molar-refractivity contribution in [2.24, 2.45) is 0 Å². The van der Waals surface area contributed by atoms with Crippen LogP contribution in [0.15, 0.2) is 36.7 Å². The molecule has 3 rings (SSSR count). The van der Waals surface area contributed by atoms with Crippen LogP contribution in [0, 0.1) is 18.3 Å². The summed E-state index contributed by atoms with van der Waals surface area (Å²) in [6.45, 7) is 1.91. The van der Waals surface area contributed by atoms with Crippen LogP contribution in [-0.2, 0) is 0 Å². The molecular weight excluding hydrogens is 226 g/mol. The van der Waals surface area contributed by atoms with Crippen molar-refractivity contribution in [1.82, 2.24) is 19.7 Å². The summed E-state index contributed by atoms with van der Waals surface area (Å²) in [4.78, 5) is 3.97. The maximum atomic E-state index is 9.01. The van der Waals surface area contributed by atoms with Crippen molar-refractivity contribution in [2.45, 2.75) is 6.92 Å². The zero-order valence-electron chi connectivity index (χ0n) is 9.70. The van der Waals surface area contributed by atoms with Gasteiger partial charge in [-0.3, -0.25) is 4.57 Å². The van der Waals surface area contributed by atoms with E-state index in [0.717, 1.165) is 16.5 Å². The number of hydrogen-bond donors (Lipinski definition) is 0. The molecule has 3 aromatic rings. The minimum atomic E-state index is 0.304. The van der Waals surface area contributed by atoms with Gasteiger partial charge in [0, 0.05) is 23.2 Å². The second kappa shape index (κ2) is 3.93. The fourth-order valence-electron chi connectivity index (χ4n) is 1.96. The Hall–Kier alpha value is -2.74. The molecule has 0 bridgehead atoms. The molecule has 5 heteroatoms. The van der Waals surface area contributed by atoms with Crippen LogP contribution in [-0.4, -0.2) is 19.7 Å². The smallest absolute Gasteiger partial charge is 0.218 e. The van der Waals surface area contributed by atoms with Crippen LogP contribution in [0.3, 0.4) is 0 Å². The Morgan fingerprint density at radius 1 is 1.17 bits per heavy atom. The first-order valence-electron chi connectivity index (χ1n) is 5.47. The molecule has 0 unspecified atom stereocenters. The fourth-order valence-corrected chi connectivity index (χ4v) is 1.96. The van der Waals surface area contributed by atoms with Gasteiger partial charge in [0.15, 0.2) is 5.82 Å². The summed E-state index contributed by atoms with van der Waals surface area (Å²) in [6.07, 6.45) is 3.29. The highest BCUT2D eigenvalue weighted by Crippen LogP contribution is 2.22. The molecule has 5 nitrogen and oxygen atoms in total. The number of benzene rings is 1. The highest BCUT2D eigenvalue weighted by molar-refractivity contribution is 5.89. The monoisotopic (exact) mass is 235 g/mol. The summed E-state index contributed by atoms with van der Waals surface area (Å²) in [5, 5.41) is 19.3. The molecule has 0 spiro atoms. The van der Waals surface area contributed by atoms with Crippen molar-refractivity contribution < 1.29 is 0 Å². The van der Waals surface area contributed by atoms with Gasteiger partial charge in [0.25, 0.3) is 0 Å². The van der Waals surface area contributed by atoms with Gasteiger partial charge < -0.3 is 0 Å². The first-order chi connectivity index (χ1) is 8.81. The third-order valence-corrected chi connectivity index (χ3v) is 2.82. The first-order valence-corrected chi connectivity index (χ1v) is 5.47. The number of aromatic nitrogens is 4. The van der Waals surface area contributed by atoms with E-state index in [4.69, 9.17) is 5.26 Å². The molecule has 86 valence electrons. The Bertz CT molecular complexity index is 766. The van der Waals surface area contributed by atoms with Crippen molar-refractivity contribution in [1.29, 1.82) is 5.26 Å². The lowest BCUT2D eigenvalue weighted by Gasteiger charge is -2.07. The lowest BCUT2D eigenvalue weighted by molar-refractivity contribution is 0.899. The predicted octanol–water partition coefficient (Wildman–Crippen LogP) is 2.00. The second-order valence-corrected chi connectivity index (χ2v) is 3.89. The summed E-state index contributed by atoms with van der Waals surface area (Å²) in [5.41, 5.74) is 0.868. The van der Waals surface area contributed by atoms with E-state index in [1.54, 1.807) is 17.0 Å². The molecule has 0 amide bonds. The Morgan fingerprint density at radius 2 is 1.94 bits per heavy atom. The van der Waals surface area contributed by atoms with Crippen molar-refractivity contribution in [2.75, 3.05) is 0 Å². The van der Waals surface area contributed by atoms with E-state index >= 15 is 0 Å². The Morgan fingerprint density at radius 3 is 2.72 bits per heavy atom. The molecule has 0 saturated carbocycles. The number of aryl methyl sites for hydroxylation is 1. The lowest BCUT2D eigenvalue weighted by atomic mass is 10.1. The van der Waals surface area contributed by atoms with Gasteiger partial charge in [-0.05, 0) is 6.92 Å². The topological polar surface area (TPSA) is 67.4 Å². The van der Waals surface area contributed by atoms with Crippen LogP contribution in [0.5, 0.6) is 0 Å². The van der Waals surface area contributed by atoms with Gasteiger partial charge >= 0.3 is 0 Å². The van der Waals surface area contributed by atoms with Gasteiger partial charge in [0.05, 0.1) is 5.69 Å². The number of nitrogens with zero attached hydrogens (tertiary/aromatic N) is 5. The zero-order valence-corrected chi connectivity index (χ0v) is 9.70. The van der Waals surface area contributed by atoms with Crippen molar-refractivity contribution in [3.63, 3.8) is 0 Å². The van der Waals surface area contributed by atoms with Gasteiger partial charge in [-0.2, -0.15) is 10.4 Å². The average Bonchev–Trinajstić information content (AvgIpc) is 2.88. The number of rotatable bonds is 1. The fraction of sp³-hybridized carbons (Fsp3) is 0.0769. The van der Waals surface area contributed by atoms with Gasteiger partial charge in [-0.25, -0.2) is 4.98 Å². The molecule has 1 aromatic carbocycles. The van der Waals surface area contributed by atoms with E-state index in [2.05, 4.69) is 15.2 Å². The Labute approximate surface area is 103 Å². The quantitative estimate of drug-likeness (QED) is 0.647. The largest absolute Gasteiger partial charge is 0.273 e. The summed E-state index contributed by atoms with van der Waals surface area (Å²) in [7, 11) is 0. The average molecular weight is 235 g/mol. The minimum absolute atomic E-state index is 0.304. The van der Waals surface area contributed by atoms with Crippen molar-refractivity contribution >= 4 is 10.8 Å².